The number of hydrogen-bond acceptors (Lipinski definition) is 4. The monoisotopic (exact) mass is 175 g/mol. The summed E-state index contributed by atoms with van der Waals surface area (Å²) in [7, 11) is 0. The summed E-state index contributed by atoms with van der Waals surface area (Å²) in [5, 5.41) is 10.7. The number of hydrazine groups is 1. The summed E-state index contributed by atoms with van der Waals surface area (Å²) >= 11 is 0. The molecule has 0 aromatic rings. The summed E-state index contributed by atoms with van der Waals surface area (Å²) in [4.78, 5) is 21.3. The maximum Gasteiger partial charge on any atom is 0.234 e. The molecule has 0 rings (SSSR count). The molecule has 0 unspecified atom stereocenters. The number of nitrogens with two attached hydrogens (primary N) is 1. The minimum Gasteiger partial charge on any atom is -0.395 e. The molecule has 0 bridgehead atoms. The van der Waals surface area contributed by atoms with Gasteiger partial charge in [-0.05, 0) is 0 Å². The number of aliphatic hydroxyl groups excluding tert-OH is 1. The van der Waals surface area contributed by atoms with Crippen molar-refractivity contribution in [3.8, 4) is 0 Å². The first-order chi connectivity index (χ1) is 5.70. The molecule has 0 aliphatic rings. The van der Waals surface area contributed by atoms with Crippen LogP contribution >= 0.6 is 0 Å². The van der Waals surface area contributed by atoms with Gasteiger partial charge < -0.3 is 10.4 Å². The molecule has 0 aromatic carbocycles. The van der Waals surface area contributed by atoms with E-state index >= 15 is 0 Å². The van der Waals surface area contributed by atoms with Crippen molar-refractivity contribution in [2.45, 2.75) is 12.8 Å². The van der Waals surface area contributed by atoms with E-state index in [4.69, 9.17) is 10.9 Å². The molecule has 0 fully saturated rings. The van der Waals surface area contributed by atoms with Crippen LogP contribution in [-0.4, -0.2) is 30.1 Å². The Morgan fingerprint density at radius 2 is 1.83 bits per heavy atom. The van der Waals surface area contributed by atoms with Crippen LogP contribution in [0.3, 0.4) is 0 Å². The Morgan fingerprint density at radius 1 is 1.25 bits per heavy atom. The lowest BCUT2D eigenvalue weighted by atomic mass is 10.3. The maximum absolute atomic E-state index is 10.8. The number of nitrogens with one attached hydrogen (secondary N) is 2. The van der Waals surface area contributed by atoms with E-state index in [0.717, 1.165) is 0 Å². The molecule has 5 N–H and O–H groups in total. The van der Waals surface area contributed by atoms with Gasteiger partial charge in [0.25, 0.3) is 0 Å². The lowest BCUT2D eigenvalue weighted by Gasteiger charge is -2.01. The Bertz CT molecular complexity index is 160. The van der Waals surface area contributed by atoms with Gasteiger partial charge in [-0.1, -0.05) is 0 Å². The summed E-state index contributed by atoms with van der Waals surface area (Å²) in [5.41, 5.74) is 1.91. The van der Waals surface area contributed by atoms with Crippen molar-refractivity contribution >= 4 is 11.8 Å². The van der Waals surface area contributed by atoms with Crippen molar-refractivity contribution in [2.24, 2.45) is 5.84 Å². The second kappa shape index (κ2) is 6.56. The molecule has 12 heavy (non-hydrogen) atoms. The van der Waals surface area contributed by atoms with Crippen LogP contribution < -0.4 is 16.6 Å². The minimum absolute atomic E-state index is 0.0633. The van der Waals surface area contributed by atoms with Gasteiger partial charge in [0.15, 0.2) is 0 Å². The average molecular weight is 175 g/mol. The molecule has 0 saturated carbocycles. The molecule has 0 aromatic heterocycles. The topological polar surface area (TPSA) is 104 Å². The molecule has 0 spiro atoms. The standard InChI is InChI=1S/C6H13N3O3/c7-9-6(12)2-1-5(11)8-3-4-10/h10H,1-4,7H2,(H,8,11)(H,9,12). The smallest absolute Gasteiger partial charge is 0.234 e. The van der Waals surface area contributed by atoms with Crippen molar-refractivity contribution in [1.29, 1.82) is 0 Å². The fourth-order valence-corrected chi connectivity index (χ4v) is 0.583. The third-order valence-electron chi connectivity index (χ3n) is 1.17. The van der Waals surface area contributed by atoms with Gasteiger partial charge in [0.1, 0.15) is 0 Å². The van der Waals surface area contributed by atoms with E-state index in [-0.39, 0.29) is 37.8 Å². The summed E-state index contributed by atoms with van der Waals surface area (Å²) in [5.74, 6) is 4.14. The quantitative estimate of drug-likeness (QED) is 0.217. The van der Waals surface area contributed by atoms with Gasteiger partial charge >= 0.3 is 0 Å². The number of carbonyl (C=O) groups is 2. The molecule has 0 aliphatic heterocycles. The molecule has 2 amide bonds. The van der Waals surface area contributed by atoms with Crippen LogP contribution in [0.25, 0.3) is 0 Å². The van der Waals surface area contributed by atoms with Gasteiger partial charge in [-0.3, -0.25) is 15.0 Å². The van der Waals surface area contributed by atoms with E-state index in [0.29, 0.717) is 0 Å². The normalized spacial score (nSPS) is 9.17. The van der Waals surface area contributed by atoms with Gasteiger partial charge in [0, 0.05) is 19.4 Å². The number of hydrogen-bond donors (Lipinski definition) is 4. The van der Waals surface area contributed by atoms with E-state index in [2.05, 4.69) is 5.32 Å². The van der Waals surface area contributed by atoms with Crippen molar-refractivity contribution in [1.82, 2.24) is 10.7 Å². The molecule has 0 aliphatic carbocycles. The first-order valence-electron chi connectivity index (χ1n) is 3.57. The number of aliphatic hydroxyl groups is 1. The minimum atomic E-state index is -0.380. The number of carbonyl (C=O) groups excluding carboxylic acids is 2. The highest BCUT2D eigenvalue weighted by molar-refractivity contribution is 5.83. The number of rotatable bonds is 5. The first-order valence-corrected chi connectivity index (χ1v) is 3.57. The predicted octanol–water partition coefficient (Wildman–Crippen LogP) is -2.13. The lowest BCUT2D eigenvalue weighted by Crippen LogP contribution is -2.32. The van der Waals surface area contributed by atoms with E-state index in [1.807, 2.05) is 5.43 Å². The fraction of sp³-hybridized carbons (Fsp3) is 0.667. The SMILES string of the molecule is NNC(=O)CCC(=O)NCCO. The lowest BCUT2D eigenvalue weighted by molar-refractivity contribution is -0.126. The highest BCUT2D eigenvalue weighted by atomic mass is 16.3. The van der Waals surface area contributed by atoms with E-state index in [1.54, 1.807) is 0 Å². The Balaban J connectivity index is 3.37. The zero-order chi connectivity index (χ0) is 9.40. The third kappa shape index (κ3) is 5.63. The second-order valence-corrected chi connectivity index (χ2v) is 2.14. The molecule has 0 radical (unpaired) electrons. The molecule has 0 saturated heterocycles. The summed E-state index contributed by atoms with van der Waals surface area (Å²) in [6.45, 7) is 0.109. The zero-order valence-corrected chi connectivity index (χ0v) is 6.67. The molecular weight excluding hydrogens is 162 g/mol. The molecule has 0 atom stereocenters. The van der Waals surface area contributed by atoms with E-state index in [1.165, 1.54) is 0 Å². The fourth-order valence-electron chi connectivity index (χ4n) is 0.583. The zero-order valence-electron chi connectivity index (χ0n) is 6.67. The molecule has 0 heterocycles. The van der Waals surface area contributed by atoms with Crippen LogP contribution in [0.2, 0.25) is 0 Å². The van der Waals surface area contributed by atoms with Crippen LogP contribution in [0.4, 0.5) is 0 Å². The summed E-state index contributed by atoms with van der Waals surface area (Å²) in [6.07, 6.45) is 0.150. The second-order valence-electron chi connectivity index (χ2n) is 2.14. The van der Waals surface area contributed by atoms with Crippen molar-refractivity contribution < 1.29 is 14.7 Å². The number of amides is 2. The van der Waals surface area contributed by atoms with Crippen molar-refractivity contribution in [3.63, 3.8) is 0 Å². The van der Waals surface area contributed by atoms with Crippen LogP contribution in [0.15, 0.2) is 0 Å². The van der Waals surface area contributed by atoms with Crippen molar-refractivity contribution in [2.75, 3.05) is 13.2 Å². The van der Waals surface area contributed by atoms with Gasteiger partial charge in [0.2, 0.25) is 11.8 Å². The highest BCUT2D eigenvalue weighted by Gasteiger charge is 2.03. The maximum atomic E-state index is 10.8. The van der Waals surface area contributed by atoms with Crippen LogP contribution in [-0.2, 0) is 9.59 Å². The Morgan fingerprint density at radius 3 is 2.33 bits per heavy atom. The van der Waals surface area contributed by atoms with Crippen LogP contribution in [0, 0.1) is 0 Å². The Kier molecular flexibility index (Phi) is 5.94. The molecule has 70 valence electrons. The van der Waals surface area contributed by atoms with E-state index in [9.17, 15) is 9.59 Å². The van der Waals surface area contributed by atoms with Crippen LogP contribution in [0.5, 0.6) is 0 Å². The van der Waals surface area contributed by atoms with Gasteiger partial charge in [0.05, 0.1) is 6.61 Å². The van der Waals surface area contributed by atoms with Gasteiger partial charge in [-0.2, -0.15) is 0 Å². The Hall–Kier alpha value is -1.14. The first kappa shape index (κ1) is 10.9. The molecule has 6 nitrogen and oxygen atoms in total. The summed E-state index contributed by atoms with van der Waals surface area (Å²) in [6, 6.07) is 0. The largest absolute Gasteiger partial charge is 0.395 e. The third-order valence-corrected chi connectivity index (χ3v) is 1.17. The van der Waals surface area contributed by atoms with E-state index < -0.39 is 0 Å². The predicted molar refractivity (Wildman–Crippen MR) is 41.7 cm³/mol. The van der Waals surface area contributed by atoms with Crippen LogP contribution in [0.1, 0.15) is 12.8 Å². The molecule has 6 heteroatoms. The Labute approximate surface area is 70.1 Å². The van der Waals surface area contributed by atoms with Crippen molar-refractivity contribution in [3.05, 3.63) is 0 Å². The van der Waals surface area contributed by atoms with Gasteiger partial charge in [-0.25, -0.2) is 5.84 Å². The average Bonchev–Trinajstić information content (AvgIpc) is 2.10. The van der Waals surface area contributed by atoms with Gasteiger partial charge in [-0.15, -0.1) is 0 Å². The summed E-state index contributed by atoms with van der Waals surface area (Å²) < 4.78 is 0. The highest BCUT2D eigenvalue weighted by Crippen LogP contribution is 1.87. The molecular formula is C6H13N3O3.